The SMILES string of the molecule is COCCOCCN(C)Cc1ccc(N=C(c2ccccc2)c2c(O)[nH]c3cc(C(=O)OC)ccc23)cc1. The Bertz CT molecular complexity index is 1380. The van der Waals surface area contributed by atoms with Gasteiger partial charge in [0.15, 0.2) is 5.88 Å². The maximum Gasteiger partial charge on any atom is 0.337 e. The molecular weight excluding hydrogens is 482 g/mol. The van der Waals surface area contributed by atoms with Gasteiger partial charge in [0.2, 0.25) is 0 Å². The van der Waals surface area contributed by atoms with E-state index < -0.39 is 5.97 Å². The predicted molar refractivity (Wildman–Crippen MR) is 149 cm³/mol. The van der Waals surface area contributed by atoms with E-state index in [1.165, 1.54) is 7.11 Å². The number of aromatic nitrogens is 1. The minimum Gasteiger partial charge on any atom is -0.494 e. The summed E-state index contributed by atoms with van der Waals surface area (Å²) in [6.07, 6.45) is 0. The second-order valence-electron chi connectivity index (χ2n) is 8.94. The number of nitrogens with one attached hydrogen (secondary N) is 1. The summed E-state index contributed by atoms with van der Waals surface area (Å²) < 4.78 is 15.4. The van der Waals surface area contributed by atoms with Crippen molar-refractivity contribution < 1.29 is 24.1 Å². The molecule has 0 radical (unpaired) electrons. The zero-order valence-corrected chi connectivity index (χ0v) is 21.9. The summed E-state index contributed by atoms with van der Waals surface area (Å²) in [6.45, 7) is 3.45. The van der Waals surface area contributed by atoms with Crippen LogP contribution in [0.25, 0.3) is 10.9 Å². The van der Waals surface area contributed by atoms with E-state index in [0.29, 0.717) is 42.2 Å². The fraction of sp³-hybridized carbons (Fsp3) is 0.267. The molecule has 0 aliphatic rings. The number of aromatic hydroxyl groups is 1. The topological polar surface area (TPSA) is 96.4 Å². The number of carbonyl (C=O) groups excluding carboxylic acids is 1. The smallest absolute Gasteiger partial charge is 0.337 e. The summed E-state index contributed by atoms with van der Waals surface area (Å²) in [5, 5.41) is 11.7. The van der Waals surface area contributed by atoms with E-state index in [2.05, 4.69) is 29.1 Å². The van der Waals surface area contributed by atoms with E-state index in [9.17, 15) is 9.90 Å². The lowest BCUT2D eigenvalue weighted by Gasteiger charge is -2.16. The van der Waals surface area contributed by atoms with Crippen LogP contribution >= 0.6 is 0 Å². The Kier molecular flexibility index (Phi) is 9.26. The highest BCUT2D eigenvalue weighted by Gasteiger charge is 2.20. The molecule has 0 bridgehead atoms. The van der Waals surface area contributed by atoms with Crippen LogP contribution in [0.15, 0.2) is 77.8 Å². The van der Waals surface area contributed by atoms with Crippen molar-refractivity contribution in [3.05, 3.63) is 95.1 Å². The van der Waals surface area contributed by atoms with Crippen LogP contribution in [-0.4, -0.2) is 74.3 Å². The molecule has 0 saturated carbocycles. The van der Waals surface area contributed by atoms with Crippen molar-refractivity contribution in [2.24, 2.45) is 4.99 Å². The Morgan fingerprint density at radius 2 is 1.71 bits per heavy atom. The molecule has 1 aromatic heterocycles. The number of methoxy groups -OCH3 is 2. The lowest BCUT2D eigenvalue weighted by molar-refractivity contribution is 0.0597. The molecule has 2 N–H and O–H groups in total. The van der Waals surface area contributed by atoms with Crippen LogP contribution in [0.4, 0.5) is 5.69 Å². The van der Waals surface area contributed by atoms with Crippen molar-refractivity contribution in [1.82, 2.24) is 9.88 Å². The van der Waals surface area contributed by atoms with Gasteiger partial charge in [0, 0.05) is 36.7 Å². The molecular formula is C30H33N3O5. The van der Waals surface area contributed by atoms with Crippen LogP contribution in [0.3, 0.4) is 0 Å². The van der Waals surface area contributed by atoms with E-state index in [0.717, 1.165) is 35.3 Å². The second-order valence-corrected chi connectivity index (χ2v) is 8.94. The van der Waals surface area contributed by atoms with Crippen LogP contribution < -0.4 is 0 Å². The Morgan fingerprint density at radius 1 is 0.947 bits per heavy atom. The van der Waals surface area contributed by atoms with Crippen molar-refractivity contribution in [3.8, 4) is 5.88 Å². The second kappa shape index (κ2) is 13.0. The fourth-order valence-corrected chi connectivity index (χ4v) is 4.19. The lowest BCUT2D eigenvalue weighted by Crippen LogP contribution is -2.23. The minimum atomic E-state index is -0.441. The molecule has 1 heterocycles. The van der Waals surface area contributed by atoms with Gasteiger partial charge in [-0.25, -0.2) is 9.79 Å². The normalized spacial score (nSPS) is 11.8. The number of hydrogen-bond donors (Lipinski definition) is 2. The van der Waals surface area contributed by atoms with Gasteiger partial charge in [0.05, 0.1) is 49.5 Å². The van der Waals surface area contributed by atoms with Crippen LogP contribution in [0.2, 0.25) is 0 Å². The number of nitrogens with zero attached hydrogens (tertiary/aromatic N) is 2. The Balaban J connectivity index is 1.60. The van der Waals surface area contributed by atoms with Gasteiger partial charge in [-0.2, -0.15) is 0 Å². The Morgan fingerprint density at radius 3 is 2.42 bits per heavy atom. The molecule has 0 amide bonds. The van der Waals surface area contributed by atoms with Crippen LogP contribution in [0.1, 0.15) is 27.0 Å². The first kappa shape index (κ1) is 27.1. The van der Waals surface area contributed by atoms with Gasteiger partial charge >= 0.3 is 5.97 Å². The van der Waals surface area contributed by atoms with E-state index in [1.807, 2.05) is 42.5 Å². The van der Waals surface area contributed by atoms with Crippen LogP contribution in [-0.2, 0) is 20.8 Å². The average molecular weight is 516 g/mol. The molecule has 0 atom stereocenters. The summed E-state index contributed by atoms with van der Waals surface area (Å²) in [5.74, 6) is -0.459. The van der Waals surface area contributed by atoms with Gasteiger partial charge in [-0.1, -0.05) is 48.5 Å². The van der Waals surface area contributed by atoms with Gasteiger partial charge in [0.25, 0.3) is 0 Å². The first-order valence-electron chi connectivity index (χ1n) is 12.4. The van der Waals surface area contributed by atoms with Gasteiger partial charge < -0.3 is 24.3 Å². The lowest BCUT2D eigenvalue weighted by atomic mass is 10.00. The Hall–Kier alpha value is -3.98. The van der Waals surface area contributed by atoms with Crippen molar-refractivity contribution in [3.63, 3.8) is 0 Å². The van der Waals surface area contributed by atoms with Crippen LogP contribution in [0, 0.1) is 0 Å². The van der Waals surface area contributed by atoms with Crippen molar-refractivity contribution in [1.29, 1.82) is 0 Å². The third kappa shape index (κ3) is 6.66. The van der Waals surface area contributed by atoms with E-state index >= 15 is 0 Å². The molecule has 4 aromatic rings. The molecule has 0 spiro atoms. The van der Waals surface area contributed by atoms with E-state index in [1.54, 1.807) is 25.3 Å². The van der Waals surface area contributed by atoms with Crippen molar-refractivity contribution >= 4 is 28.3 Å². The standard InChI is InChI=1S/C30H33N3O5/c1-33(15-16-38-18-17-36-2)20-21-9-12-24(13-10-21)31-28(22-7-5-4-6-8-22)27-25-14-11-23(30(35)37-3)19-26(25)32-29(27)34/h4-14,19,32,34H,15-18,20H2,1-3H3. The predicted octanol–water partition coefficient (Wildman–Crippen LogP) is 4.92. The Labute approximate surface area is 222 Å². The molecule has 8 nitrogen and oxygen atoms in total. The number of esters is 1. The molecule has 0 aliphatic carbocycles. The summed E-state index contributed by atoms with van der Waals surface area (Å²) in [6, 6.07) is 22.9. The number of carbonyl (C=O) groups is 1. The average Bonchev–Trinajstić information content (AvgIpc) is 3.27. The highest BCUT2D eigenvalue weighted by atomic mass is 16.5. The number of rotatable bonds is 12. The molecule has 8 heteroatoms. The summed E-state index contributed by atoms with van der Waals surface area (Å²) in [5.41, 5.74) is 4.99. The number of aliphatic imine (C=N–C) groups is 1. The highest BCUT2D eigenvalue weighted by molar-refractivity contribution is 6.22. The monoisotopic (exact) mass is 515 g/mol. The number of likely N-dealkylation sites (N-methyl/N-ethyl adjacent to an activating group) is 1. The first-order valence-corrected chi connectivity index (χ1v) is 12.4. The summed E-state index contributed by atoms with van der Waals surface area (Å²) in [7, 11) is 5.06. The molecule has 0 aliphatic heterocycles. The largest absolute Gasteiger partial charge is 0.494 e. The molecule has 38 heavy (non-hydrogen) atoms. The quantitative estimate of drug-likeness (QED) is 0.158. The molecule has 0 fully saturated rings. The molecule has 198 valence electrons. The number of fused-ring (bicyclic) bond motifs is 1. The number of benzene rings is 3. The molecule has 3 aromatic carbocycles. The third-order valence-corrected chi connectivity index (χ3v) is 6.16. The molecule has 4 rings (SSSR count). The summed E-state index contributed by atoms with van der Waals surface area (Å²) in [4.78, 5) is 22.1. The van der Waals surface area contributed by atoms with Gasteiger partial charge in [0.1, 0.15) is 0 Å². The number of H-pyrrole nitrogens is 1. The van der Waals surface area contributed by atoms with Crippen molar-refractivity contribution in [2.75, 3.05) is 47.6 Å². The van der Waals surface area contributed by atoms with Gasteiger partial charge in [-0.3, -0.25) is 4.90 Å². The number of aromatic amines is 1. The van der Waals surface area contributed by atoms with Gasteiger partial charge in [-0.05, 0) is 36.9 Å². The van der Waals surface area contributed by atoms with Crippen molar-refractivity contribution in [2.45, 2.75) is 6.54 Å². The number of hydrogen-bond acceptors (Lipinski definition) is 7. The minimum absolute atomic E-state index is 0.0180. The zero-order chi connectivity index (χ0) is 26.9. The number of ether oxygens (including phenoxy) is 3. The zero-order valence-electron chi connectivity index (χ0n) is 21.9. The van der Waals surface area contributed by atoms with E-state index in [4.69, 9.17) is 19.2 Å². The highest BCUT2D eigenvalue weighted by Crippen LogP contribution is 2.32. The fourth-order valence-electron chi connectivity index (χ4n) is 4.19. The third-order valence-electron chi connectivity index (χ3n) is 6.16. The van der Waals surface area contributed by atoms with E-state index in [-0.39, 0.29) is 5.88 Å². The molecule has 0 saturated heterocycles. The molecule has 0 unspecified atom stereocenters. The maximum absolute atomic E-state index is 12.0. The first-order chi connectivity index (χ1) is 18.5. The van der Waals surface area contributed by atoms with Crippen LogP contribution in [0.5, 0.6) is 5.88 Å². The maximum atomic E-state index is 12.0. The van der Waals surface area contributed by atoms with Gasteiger partial charge in [-0.15, -0.1) is 0 Å². The summed E-state index contributed by atoms with van der Waals surface area (Å²) >= 11 is 0.